The number of halogens is 3. The van der Waals surface area contributed by atoms with Gasteiger partial charge in [-0.3, -0.25) is 0 Å². The Morgan fingerprint density at radius 2 is 1.75 bits per heavy atom. The van der Waals surface area contributed by atoms with Crippen molar-refractivity contribution in [3.63, 3.8) is 0 Å². The Balaban J connectivity index is 2.07. The average Bonchev–Trinajstić information content (AvgIpc) is 2.33. The SMILES string of the molecule is CC1(CNc2ccc(S(=O)(=O)C(F)(F)F)cc2)CCC1. The van der Waals surface area contributed by atoms with Crippen LogP contribution in [0.5, 0.6) is 0 Å². The van der Waals surface area contributed by atoms with Gasteiger partial charge in [0.2, 0.25) is 0 Å². The molecular weight excluding hydrogens is 291 g/mol. The molecule has 0 bridgehead atoms. The summed E-state index contributed by atoms with van der Waals surface area (Å²) in [5.41, 5.74) is -4.41. The monoisotopic (exact) mass is 307 g/mol. The van der Waals surface area contributed by atoms with Gasteiger partial charge in [-0.05, 0) is 42.5 Å². The molecule has 1 aliphatic carbocycles. The molecular formula is C13H16F3NO2S. The first-order chi connectivity index (χ1) is 9.14. The summed E-state index contributed by atoms with van der Waals surface area (Å²) in [4.78, 5) is -0.731. The van der Waals surface area contributed by atoms with Gasteiger partial charge < -0.3 is 5.32 Å². The lowest BCUT2D eigenvalue weighted by molar-refractivity contribution is -0.0436. The lowest BCUT2D eigenvalue weighted by Crippen LogP contribution is -2.33. The highest BCUT2D eigenvalue weighted by atomic mass is 32.2. The van der Waals surface area contributed by atoms with E-state index in [4.69, 9.17) is 0 Å². The molecule has 0 spiro atoms. The first-order valence-electron chi connectivity index (χ1n) is 6.29. The number of hydrogen-bond acceptors (Lipinski definition) is 3. The molecule has 1 N–H and O–H groups in total. The van der Waals surface area contributed by atoms with E-state index in [0.29, 0.717) is 5.69 Å². The Hall–Kier alpha value is -1.24. The van der Waals surface area contributed by atoms with Crippen LogP contribution < -0.4 is 5.32 Å². The quantitative estimate of drug-likeness (QED) is 0.925. The van der Waals surface area contributed by atoms with Gasteiger partial charge in [0.15, 0.2) is 0 Å². The summed E-state index contributed by atoms with van der Waals surface area (Å²) in [7, 11) is -5.26. The maximum atomic E-state index is 12.4. The number of alkyl halides is 3. The fourth-order valence-electron chi connectivity index (χ4n) is 2.16. The van der Waals surface area contributed by atoms with Crippen LogP contribution >= 0.6 is 0 Å². The minimum absolute atomic E-state index is 0.233. The van der Waals surface area contributed by atoms with Crippen molar-refractivity contribution in [2.75, 3.05) is 11.9 Å². The van der Waals surface area contributed by atoms with Crippen molar-refractivity contribution in [1.29, 1.82) is 0 Å². The molecule has 0 aliphatic heterocycles. The first kappa shape index (κ1) is 15.2. The highest BCUT2D eigenvalue weighted by Crippen LogP contribution is 2.40. The average molecular weight is 307 g/mol. The van der Waals surface area contributed by atoms with E-state index in [1.165, 1.54) is 18.6 Å². The van der Waals surface area contributed by atoms with Crippen molar-refractivity contribution in [3.8, 4) is 0 Å². The Bertz CT molecular complexity index is 575. The van der Waals surface area contributed by atoms with Gasteiger partial charge in [0.1, 0.15) is 0 Å². The third-order valence-electron chi connectivity index (χ3n) is 3.75. The summed E-state index contributed by atoms with van der Waals surface area (Å²) in [5, 5.41) is 3.13. The van der Waals surface area contributed by atoms with Gasteiger partial charge in [-0.25, -0.2) is 8.42 Å². The zero-order valence-electron chi connectivity index (χ0n) is 11.0. The lowest BCUT2D eigenvalue weighted by Gasteiger charge is -2.38. The molecule has 1 fully saturated rings. The van der Waals surface area contributed by atoms with Crippen LogP contribution in [-0.4, -0.2) is 20.5 Å². The van der Waals surface area contributed by atoms with E-state index >= 15 is 0 Å². The molecule has 1 aliphatic rings. The summed E-state index contributed by atoms with van der Waals surface area (Å²) in [6, 6.07) is 4.68. The van der Waals surface area contributed by atoms with E-state index in [0.717, 1.165) is 31.5 Å². The Labute approximate surface area is 116 Å². The molecule has 0 aromatic heterocycles. The second-order valence-electron chi connectivity index (χ2n) is 5.49. The molecule has 2 rings (SSSR count). The van der Waals surface area contributed by atoms with Crippen LogP contribution in [0.25, 0.3) is 0 Å². The highest BCUT2D eigenvalue weighted by molar-refractivity contribution is 7.92. The van der Waals surface area contributed by atoms with Crippen LogP contribution in [0.2, 0.25) is 0 Å². The van der Waals surface area contributed by atoms with Crippen LogP contribution in [0.3, 0.4) is 0 Å². The number of hydrogen-bond donors (Lipinski definition) is 1. The van der Waals surface area contributed by atoms with Crippen molar-refractivity contribution in [2.24, 2.45) is 5.41 Å². The van der Waals surface area contributed by atoms with Gasteiger partial charge in [-0.15, -0.1) is 0 Å². The van der Waals surface area contributed by atoms with Crippen LogP contribution in [0.15, 0.2) is 29.2 Å². The van der Waals surface area contributed by atoms with Crippen molar-refractivity contribution >= 4 is 15.5 Å². The fourth-order valence-corrected chi connectivity index (χ4v) is 2.92. The number of nitrogens with one attached hydrogen (secondary N) is 1. The van der Waals surface area contributed by atoms with Crippen molar-refractivity contribution < 1.29 is 21.6 Å². The van der Waals surface area contributed by atoms with Gasteiger partial charge in [0, 0.05) is 12.2 Å². The van der Waals surface area contributed by atoms with Gasteiger partial charge in [0.25, 0.3) is 9.84 Å². The molecule has 1 aromatic rings. The first-order valence-corrected chi connectivity index (χ1v) is 7.78. The van der Waals surface area contributed by atoms with E-state index in [9.17, 15) is 21.6 Å². The smallest absolute Gasteiger partial charge is 0.384 e. The van der Waals surface area contributed by atoms with E-state index in [1.54, 1.807) is 0 Å². The molecule has 1 saturated carbocycles. The van der Waals surface area contributed by atoms with Crippen molar-refractivity contribution in [1.82, 2.24) is 0 Å². The molecule has 112 valence electrons. The Kier molecular flexibility index (Phi) is 3.75. The maximum Gasteiger partial charge on any atom is 0.501 e. The summed E-state index contributed by atoms with van der Waals surface area (Å²) in [5.74, 6) is 0. The van der Waals surface area contributed by atoms with Crippen molar-refractivity contribution in [3.05, 3.63) is 24.3 Å². The van der Waals surface area contributed by atoms with Gasteiger partial charge in [0.05, 0.1) is 4.90 Å². The van der Waals surface area contributed by atoms with E-state index in [1.807, 2.05) is 0 Å². The topological polar surface area (TPSA) is 46.2 Å². The molecule has 0 amide bonds. The molecule has 3 nitrogen and oxygen atoms in total. The normalized spacial score (nSPS) is 18.4. The number of benzene rings is 1. The van der Waals surface area contributed by atoms with Crippen molar-refractivity contribution in [2.45, 2.75) is 36.6 Å². The maximum absolute atomic E-state index is 12.4. The fraction of sp³-hybridized carbons (Fsp3) is 0.538. The predicted molar refractivity (Wildman–Crippen MR) is 70.1 cm³/mol. The van der Waals surface area contributed by atoms with E-state index < -0.39 is 20.2 Å². The molecule has 0 saturated heterocycles. The van der Waals surface area contributed by atoms with Gasteiger partial charge in [-0.2, -0.15) is 13.2 Å². The highest BCUT2D eigenvalue weighted by Gasteiger charge is 2.46. The molecule has 1 aromatic carbocycles. The third-order valence-corrected chi connectivity index (χ3v) is 5.25. The zero-order valence-corrected chi connectivity index (χ0v) is 11.8. The number of sulfone groups is 1. The lowest BCUT2D eigenvalue weighted by atomic mass is 9.70. The molecule has 0 unspecified atom stereocenters. The molecule has 0 atom stereocenters. The second kappa shape index (κ2) is 4.95. The van der Waals surface area contributed by atoms with E-state index in [2.05, 4.69) is 12.2 Å². The summed E-state index contributed by atoms with van der Waals surface area (Å²) in [6.45, 7) is 2.88. The minimum atomic E-state index is -5.26. The standard InChI is InChI=1S/C13H16F3NO2S/c1-12(7-2-8-12)9-17-10-3-5-11(6-4-10)20(18,19)13(14,15)16/h3-6,17H,2,7-9H2,1H3. The summed E-state index contributed by atoms with van der Waals surface area (Å²) in [6.07, 6.45) is 3.45. The molecule has 0 heterocycles. The summed E-state index contributed by atoms with van der Waals surface area (Å²) < 4.78 is 59.5. The number of anilines is 1. The van der Waals surface area contributed by atoms with E-state index in [-0.39, 0.29) is 5.41 Å². The Morgan fingerprint density at radius 3 is 2.15 bits per heavy atom. The largest absolute Gasteiger partial charge is 0.501 e. The van der Waals surface area contributed by atoms with Crippen LogP contribution in [0.4, 0.5) is 18.9 Å². The molecule has 7 heteroatoms. The molecule has 0 radical (unpaired) electrons. The Morgan fingerprint density at radius 1 is 1.20 bits per heavy atom. The third kappa shape index (κ3) is 2.92. The minimum Gasteiger partial charge on any atom is -0.384 e. The summed E-state index contributed by atoms with van der Waals surface area (Å²) >= 11 is 0. The van der Waals surface area contributed by atoms with Gasteiger partial charge in [-0.1, -0.05) is 13.3 Å². The van der Waals surface area contributed by atoms with Crippen LogP contribution in [0.1, 0.15) is 26.2 Å². The number of rotatable bonds is 4. The molecule has 20 heavy (non-hydrogen) atoms. The predicted octanol–water partition coefficient (Wildman–Crippen LogP) is 3.58. The van der Waals surface area contributed by atoms with Gasteiger partial charge >= 0.3 is 5.51 Å². The van der Waals surface area contributed by atoms with Crippen LogP contribution in [0, 0.1) is 5.41 Å². The van der Waals surface area contributed by atoms with Crippen LogP contribution in [-0.2, 0) is 9.84 Å². The second-order valence-corrected chi connectivity index (χ2v) is 7.43. The zero-order chi connectivity index (χ0) is 15.0.